The molecule has 3 heteroatoms. The zero-order valence-corrected chi connectivity index (χ0v) is 8.69. The number of rotatable bonds is 3. The molecule has 15 heavy (non-hydrogen) atoms. The normalized spacial score (nSPS) is 22.9. The number of benzene rings is 1. The Morgan fingerprint density at radius 3 is 2.87 bits per heavy atom. The third kappa shape index (κ3) is 2.49. The first-order chi connectivity index (χ1) is 7.27. The minimum atomic E-state index is -0.545. The number of phenolic OH excluding ortho intramolecular Hbond substituents is 1. The molecule has 1 fully saturated rings. The lowest BCUT2D eigenvalue weighted by Gasteiger charge is -2.16. The molecule has 1 heterocycles. The highest BCUT2D eigenvalue weighted by Crippen LogP contribution is 2.29. The maximum atomic E-state index is 9.97. The zero-order chi connectivity index (χ0) is 10.7. The average molecular weight is 207 g/mol. The molecule has 0 amide bonds. The lowest BCUT2D eigenvalue weighted by Crippen LogP contribution is -2.12. The van der Waals surface area contributed by atoms with E-state index in [0.29, 0.717) is 11.5 Å². The van der Waals surface area contributed by atoms with Crippen LogP contribution in [0.2, 0.25) is 0 Å². The molecular weight excluding hydrogens is 190 g/mol. The summed E-state index contributed by atoms with van der Waals surface area (Å²) in [5.74, 6) is 0.718. The van der Waals surface area contributed by atoms with E-state index < -0.39 is 6.10 Å². The summed E-state index contributed by atoms with van der Waals surface area (Å²) in [4.78, 5) is 0. The molecule has 2 rings (SSSR count). The Morgan fingerprint density at radius 2 is 2.20 bits per heavy atom. The highest BCUT2D eigenvalue weighted by atomic mass is 16.3. The minimum absolute atomic E-state index is 0.191. The van der Waals surface area contributed by atoms with Crippen LogP contribution in [0.1, 0.15) is 24.5 Å². The molecule has 3 nitrogen and oxygen atoms in total. The third-order valence-electron chi connectivity index (χ3n) is 3.01. The van der Waals surface area contributed by atoms with Gasteiger partial charge in [-0.05, 0) is 37.9 Å². The van der Waals surface area contributed by atoms with Gasteiger partial charge in [0.25, 0.3) is 0 Å². The standard InChI is InChI=1S/C12H17NO2/c14-11-4-2-1-3-10(11)12(15)7-9-5-6-13-8-9/h1-4,9,12-15H,5-8H2. The second kappa shape index (κ2) is 4.64. The second-order valence-electron chi connectivity index (χ2n) is 4.17. The van der Waals surface area contributed by atoms with E-state index in [0.717, 1.165) is 25.9 Å². The van der Waals surface area contributed by atoms with Crippen molar-refractivity contribution in [2.75, 3.05) is 13.1 Å². The van der Waals surface area contributed by atoms with Gasteiger partial charge in [0, 0.05) is 5.56 Å². The van der Waals surface area contributed by atoms with Crippen molar-refractivity contribution in [2.24, 2.45) is 5.92 Å². The predicted molar refractivity (Wildman–Crippen MR) is 58.7 cm³/mol. The lowest BCUT2D eigenvalue weighted by atomic mass is 9.96. The summed E-state index contributed by atoms with van der Waals surface area (Å²) in [6.07, 6.45) is 1.30. The van der Waals surface area contributed by atoms with Gasteiger partial charge < -0.3 is 15.5 Å². The molecule has 3 N–H and O–H groups in total. The molecule has 1 saturated heterocycles. The van der Waals surface area contributed by atoms with Crippen LogP contribution in [-0.2, 0) is 0 Å². The van der Waals surface area contributed by atoms with Gasteiger partial charge >= 0.3 is 0 Å². The Kier molecular flexibility index (Phi) is 3.23. The van der Waals surface area contributed by atoms with Crippen molar-refractivity contribution in [1.29, 1.82) is 0 Å². The van der Waals surface area contributed by atoms with E-state index >= 15 is 0 Å². The number of aliphatic hydroxyl groups excluding tert-OH is 1. The van der Waals surface area contributed by atoms with Crippen molar-refractivity contribution in [3.63, 3.8) is 0 Å². The zero-order valence-electron chi connectivity index (χ0n) is 8.69. The van der Waals surface area contributed by atoms with Crippen LogP contribution in [-0.4, -0.2) is 23.3 Å². The largest absolute Gasteiger partial charge is 0.508 e. The van der Waals surface area contributed by atoms with Crippen LogP contribution < -0.4 is 5.32 Å². The van der Waals surface area contributed by atoms with E-state index in [2.05, 4.69) is 5.32 Å². The Hall–Kier alpha value is -1.06. The topological polar surface area (TPSA) is 52.5 Å². The Morgan fingerprint density at radius 1 is 1.40 bits per heavy atom. The summed E-state index contributed by atoms with van der Waals surface area (Å²) in [7, 11) is 0. The van der Waals surface area contributed by atoms with Gasteiger partial charge in [-0.3, -0.25) is 0 Å². The van der Waals surface area contributed by atoms with Gasteiger partial charge in [-0.2, -0.15) is 0 Å². The fourth-order valence-corrected chi connectivity index (χ4v) is 2.13. The van der Waals surface area contributed by atoms with Crippen LogP contribution in [0.25, 0.3) is 0 Å². The van der Waals surface area contributed by atoms with Gasteiger partial charge in [0.15, 0.2) is 0 Å². The van der Waals surface area contributed by atoms with E-state index in [9.17, 15) is 10.2 Å². The van der Waals surface area contributed by atoms with Gasteiger partial charge in [-0.15, -0.1) is 0 Å². The van der Waals surface area contributed by atoms with Gasteiger partial charge in [0.05, 0.1) is 6.10 Å². The first-order valence-corrected chi connectivity index (χ1v) is 5.44. The minimum Gasteiger partial charge on any atom is -0.508 e. The van der Waals surface area contributed by atoms with Crippen LogP contribution in [0.5, 0.6) is 5.75 Å². The van der Waals surface area contributed by atoms with E-state index in [1.165, 1.54) is 0 Å². The molecule has 2 atom stereocenters. The van der Waals surface area contributed by atoms with Gasteiger partial charge in [0.2, 0.25) is 0 Å². The second-order valence-corrected chi connectivity index (χ2v) is 4.17. The molecule has 0 saturated carbocycles. The van der Waals surface area contributed by atoms with Crippen LogP contribution in [0.3, 0.4) is 0 Å². The third-order valence-corrected chi connectivity index (χ3v) is 3.01. The SMILES string of the molecule is Oc1ccccc1C(O)CC1CCNC1. The van der Waals surface area contributed by atoms with Crippen molar-refractivity contribution >= 4 is 0 Å². The van der Waals surface area contributed by atoms with E-state index in [-0.39, 0.29) is 5.75 Å². The summed E-state index contributed by atoms with van der Waals surface area (Å²) in [5.41, 5.74) is 0.643. The molecule has 0 aliphatic carbocycles. The molecule has 1 aromatic carbocycles. The first kappa shape index (κ1) is 10.5. The van der Waals surface area contributed by atoms with E-state index in [1.807, 2.05) is 6.07 Å². The van der Waals surface area contributed by atoms with Crippen molar-refractivity contribution in [2.45, 2.75) is 18.9 Å². The maximum Gasteiger partial charge on any atom is 0.121 e. The van der Waals surface area contributed by atoms with Crippen molar-refractivity contribution in [3.8, 4) is 5.75 Å². The molecule has 82 valence electrons. The summed E-state index contributed by atoms with van der Waals surface area (Å²) < 4.78 is 0. The van der Waals surface area contributed by atoms with Gasteiger partial charge in [-0.1, -0.05) is 18.2 Å². The fourth-order valence-electron chi connectivity index (χ4n) is 2.13. The number of para-hydroxylation sites is 1. The van der Waals surface area contributed by atoms with E-state index in [1.54, 1.807) is 18.2 Å². The summed E-state index contributed by atoms with van der Waals surface area (Å²) in [6.45, 7) is 2.02. The predicted octanol–water partition coefficient (Wildman–Crippen LogP) is 1.43. The molecule has 2 unspecified atom stereocenters. The summed E-state index contributed by atoms with van der Waals surface area (Å²) in [6, 6.07) is 7.00. The summed E-state index contributed by atoms with van der Waals surface area (Å²) in [5, 5.41) is 22.8. The molecule has 1 aromatic rings. The highest BCUT2D eigenvalue weighted by molar-refractivity contribution is 5.33. The van der Waals surface area contributed by atoms with Crippen molar-refractivity contribution in [1.82, 2.24) is 5.32 Å². The molecule has 0 spiro atoms. The molecule has 1 aliphatic heterocycles. The number of nitrogens with one attached hydrogen (secondary N) is 1. The summed E-state index contributed by atoms with van der Waals surface area (Å²) >= 11 is 0. The Labute approximate surface area is 89.8 Å². The maximum absolute atomic E-state index is 9.97. The number of hydrogen-bond donors (Lipinski definition) is 3. The Balaban J connectivity index is 2.00. The fraction of sp³-hybridized carbons (Fsp3) is 0.500. The van der Waals surface area contributed by atoms with Crippen molar-refractivity contribution < 1.29 is 10.2 Å². The lowest BCUT2D eigenvalue weighted by molar-refractivity contribution is 0.144. The Bertz CT molecular complexity index is 321. The van der Waals surface area contributed by atoms with Crippen LogP contribution >= 0.6 is 0 Å². The van der Waals surface area contributed by atoms with Crippen LogP contribution in [0.4, 0.5) is 0 Å². The number of aromatic hydroxyl groups is 1. The van der Waals surface area contributed by atoms with Crippen molar-refractivity contribution in [3.05, 3.63) is 29.8 Å². The first-order valence-electron chi connectivity index (χ1n) is 5.44. The van der Waals surface area contributed by atoms with E-state index in [4.69, 9.17) is 0 Å². The smallest absolute Gasteiger partial charge is 0.121 e. The molecule has 0 radical (unpaired) electrons. The molecule has 1 aliphatic rings. The quantitative estimate of drug-likeness (QED) is 0.702. The highest BCUT2D eigenvalue weighted by Gasteiger charge is 2.20. The monoisotopic (exact) mass is 207 g/mol. The van der Waals surface area contributed by atoms with Gasteiger partial charge in [-0.25, -0.2) is 0 Å². The average Bonchev–Trinajstić information content (AvgIpc) is 2.71. The number of hydrogen-bond acceptors (Lipinski definition) is 3. The van der Waals surface area contributed by atoms with Gasteiger partial charge in [0.1, 0.15) is 5.75 Å². The number of aliphatic hydroxyl groups is 1. The van der Waals surface area contributed by atoms with Crippen LogP contribution in [0, 0.1) is 5.92 Å². The molecule has 0 bridgehead atoms. The molecule has 0 aromatic heterocycles. The van der Waals surface area contributed by atoms with Crippen LogP contribution in [0.15, 0.2) is 24.3 Å². The molecular formula is C12H17NO2. The number of phenols is 1.